The van der Waals surface area contributed by atoms with Crippen LogP contribution < -0.4 is 10.6 Å². The van der Waals surface area contributed by atoms with Crippen LogP contribution in [0, 0.1) is 0 Å². The Morgan fingerprint density at radius 3 is 1.51 bits per heavy atom. The molecule has 0 aromatic rings. The first-order chi connectivity index (χ1) is 23.0. The first-order valence-electron chi connectivity index (χ1n) is 15.8. The SMILES string of the molecule is CC(=O)NC1C(O)O[C@H](CO)[C@@H](O)C1O[C@H]1O[C@H](C)[C@@H](O[C@@H]2OC(CO)[C@H](O)[C@H](O[C@@H]3OC(C)[C@H](O)[C@H](O)C3O)C2NC(C)=O)C(O)C1O. The number of aliphatic hydroxyl groups excluding tert-OH is 10. The molecule has 0 spiro atoms. The van der Waals surface area contributed by atoms with Gasteiger partial charge >= 0.3 is 0 Å². The van der Waals surface area contributed by atoms with Gasteiger partial charge in [-0.3, -0.25) is 9.59 Å². The van der Waals surface area contributed by atoms with Crippen molar-refractivity contribution >= 4 is 11.8 Å². The highest BCUT2D eigenvalue weighted by molar-refractivity contribution is 5.73. The predicted molar refractivity (Wildman–Crippen MR) is 154 cm³/mol. The van der Waals surface area contributed by atoms with E-state index in [4.69, 9.17) is 33.2 Å². The largest absolute Gasteiger partial charge is 0.394 e. The molecule has 4 rings (SSSR count). The molecule has 284 valence electrons. The number of carbonyl (C=O) groups is 2. The molecule has 20 atom stereocenters. The van der Waals surface area contributed by atoms with Crippen LogP contribution in [0.5, 0.6) is 0 Å². The maximum atomic E-state index is 12.3. The maximum Gasteiger partial charge on any atom is 0.217 e. The fourth-order valence-electron chi connectivity index (χ4n) is 6.27. The number of hydrogen-bond acceptors (Lipinski definition) is 19. The highest BCUT2D eigenvalue weighted by Gasteiger charge is 2.55. The lowest BCUT2D eigenvalue weighted by atomic mass is 9.94. The molecule has 2 amide bonds. The summed E-state index contributed by atoms with van der Waals surface area (Å²) in [5.74, 6) is -1.31. The van der Waals surface area contributed by atoms with Crippen molar-refractivity contribution in [1.82, 2.24) is 10.6 Å². The molecule has 0 aliphatic carbocycles. The second kappa shape index (κ2) is 16.7. The summed E-state index contributed by atoms with van der Waals surface area (Å²) < 4.78 is 39.7. The first-order valence-corrected chi connectivity index (χ1v) is 15.8. The highest BCUT2D eigenvalue weighted by atomic mass is 16.8. The summed E-state index contributed by atoms with van der Waals surface area (Å²) in [4.78, 5) is 24.1. The standard InChI is InChI=1S/C28H48N2O19/c1-7-15(35)18(38)20(40)27(43-7)49-24-14(30-10(4)34)26(46-12(6-32)17(24)37)47-22-8(2)44-28(21(41)19(22)39)48-23-13(29-9(3)33)25(42)45-11(5-31)16(23)36/h7-8,11-28,31-32,35-42H,5-6H2,1-4H3,(H,29,33)(H,30,34)/t7?,8-,11-,12?,13?,14?,15+,16-,17+,18+,19?,20?,21?,22-,23?,24-,25?,26+,27+,28-/m1/s1. The van der Waals surface area contributed by atoms with E-state index in [1.54, 1.807) is 0 Å². The van der Waals surface area contributed by atoms with E-state index >= 15 is 0 Å². The summed E-state index contributed by atoms with van der Waals surface area (Å²) in [5, 5.41) is 110. The van der Waals surface area contributed by atoms with Gasteiger partial charge in [0, 0.05) is 13.8 Å². The van der Waals surface area contributed by atoms with Crippen molar-refractivity contribution < 1.29 is 93.8 Å². The van der Waals surface area contributed by atoms with Crippen LogP contribution in [0.1, 0.15) is 27.7 Å². The zero-order valence-corrected chi connectivity index (χ0v) is 27.1. The number of nitrogens with one attached hydrogen (secondary N) is 2. The molecule has 0 saturated carbocycles. The monoisotopic (exact) mass is 716 g/mol. The summed E-state index contributed by atoms with van der Waals surface area (Å²) in [7, 11) is 0. The van der Waals surface area contributed by atoms with Gasteiger partial charge in [-0.15, -0.1) is 0 Å². The molecule has 9 unspecified atom stereocenters. The van der Waals surface area contributed by atoms with Gasteiger partial charge in [-0.2, -0.15) is 0 Å². The van der Waals surface area contributed by atoms with Crippen molar-refractivity contribution in [2.45, 2.75) is 150 Å². The Morgan fingerprint density at radius 2 is 0.980 bits per heavy atom. The normalized spacial score (nSPS) is 49.3. The minimum Gasteiger partial charge on any atom is -0.394 e. The lowest BCUT2D eigenvalue weighted by Crippen LogP contribution is -2.70. The zero-order valence-electron chi connectivity index (χ0n) is 27.1. The average Bonchev–Trinajstić information content (AvgIpc) is 3.04. The molecule has 0 aromatic carbocycles. The molecule has 0 bridgehead atoms. The van der Waals surface area contributed by atoms with E-state index in [1.165, 1.54) is 13.8 Å². The van der Waals surface area contributed by atoms with Crippen LogP contribution in [0.25, 0.3) is 0 Å². The summed E-state index contributed by atoms with van der Waals surface area (Å²) in [6, 6.07) is -2.83. The van der Waals surface area contributed by atoms with Crippen molar-refractivity contribution in [3.05, 3.63) is 0 Å². The third kappa shape index (κ3) is 8.67. The third-order valence-corrected chi connectivity index (χ3v) is 8.93. The summed E-state index contributed by atoms with van der Waals surface area (Å²) in [5.41, 5.74) is 0. The van der Waals surface area contributed by atoms with E-state index in [0.29, 0.717) is 0 Å². The molecule has 4 aliphatic heterocycles. The molecule has 4 aliphatic rings. The third-order valence-electron chi connectivity index (χ3n) is 8.93. The molecule has 21 nitrogen and oxygen atoms in total. The van der Waals surface area contributed by atoms with Crippen LogP contribution in [0.3, 0.4) is 0 Å². The van der Waals surface area contributed by atoms with Crippen LogP contribution >= 0.6 is 0 Å². The van der Waals surface area contributed by atoms with Gasteiger partial charge in [-0.25, -0.2) is 0 Å². The first kappa shape index (κ1) is 40.0. The fourth-order valence-corrected chi connectivity index (χ4v) is 6.27. The number of amides is 2. The molecular formula is C28H48N2O19. The molecule has 49 heavy (non-hydrogen) atoms. The van der Waals surface area contributed by atoms with E-state index in [0.717, 1.165) is 13.8 Å². The van der Waals surface area contributed by atoms with Crippen molar-refractivity contribution in [3.63, 3.8) is 0 Å². The molecule has 4 saturated heterocycles. The Balaban J connectivity index is 1.54. The number of rotatable bonds is 10. The topological polar surface area (TPSA) is 325 Å². The number of ether oxygens (including phenoxy) is 7. The van der Waals surface area contributed by atoms with E-state index in [-0.39, 0.29) is 0 Å². The molecule has 0 radical (unpaired) electrons. The maximum absolute atomic E-state index is 12.3. The molecular weight excluding hydrogens is 668 g/mol. The van der Waals surface area contributed by atoms with Crippen molar-refractivity contribution in [2.24, 2.45) is 0 Å². The predicted octanol–water partition coefficient (Wildman–Crippen LogP) is -7.41. The van der Waals surface area contributed by atoms with E-state index < -0.39 is 148 Å². The van der Waals surface area contributed by atoms with Crippen LogP contribution in [-0.2, 0) is 42.7 Å². The lowest BCUT2D eigenvalue weighted by Gasteiger charge is -2.50. The Labute approximate surface area is 280 Å². The second-order valence-electron chi connectivity index (χ2n) is 12.6. The van der Waals surface area contributed by atoms with Crippen molar-refractivity contribution in [1.29, 1.82) is 0 Å². The summed E-state index contributed by atoms with van der Waals surface area (Å²) in [6.45, 7) is 3.50. The highest BCUT2D eigenvalue weighted by Crippen LogP contribution is 2.34. The number of hydrogen-bond donors (Lipinski definition) is 12. The minimum atomic E-state index is -1.92. The van der Waals surface area contributed by atoms with Gasteiger partial charge in [0.25, 0.3) is 0 Å². The molecule has 12 N–H and O–H groups in total. The van der Waals surface area contributed by atoms with Crippen molar-refractivity contribution in [3.8, 4) is 0 Å². The van der Waals surface area contributed by atoms with Gasteiger partial charge in [0.2, 0.25) is 11.8 Å². The lowest BCUT2D eigenvalue weighted by molar-refractivity contribution is -0.370. The fraction of sp³-hybridized carbons (Fsp3) is 0.929. The van der Waals surface area contributed by atoms with Gasteiger partial charge in [0.15, 0.2) is 25.2 Å². The molecule has 0 aromatic heterocycles. The van der Waals surface area contributed by atoms with Crippen LogP contribution in [-0.4, -0.2) is 199 Å². The van der Waals surface area contributed by atoms with Crippen LogP contribution in [0.4, 0.5) is 0 Å². The minimum absolute atomic E-state index is 0.634. The van der Waals surface area contributed by atoms with E-state index in [2.05, 4.69) is 10.6 Å². The van der Waals surface area contributed by atoms with Crippen molar-refractivity contribution in [2.75, 3.05) is 13.2 Å². The van der Waals surface area contributed by atoms with Gasteiger partial charge < -0.3 is 94.9 Å². The van der Waals surface area contributed by atoms with E-state index in [1.807, 2.05) is 0 Å². The molecule has 4 heterocycles. The number of carbonyl (C=O) groups excluding carboxylic acids is 2. The van der Waals surface area contributed by atoms with Gasteiger partial charge in [0.1, 0.15) is 85.3 Å². The Hall–Kier alpha value is -1.74. The van der Waals surface area contributed by atoms with Gasteiger partial charge in [-0.05, 0) is 13.8 Å². The zero-order chi connectivity index (χ0) is 36.5. The van der Waals surface area contributed by atoms with Crippen LogP contribution in [0.15, 0.2) is 0 Å². The Bertz CT molecular complexity index is 1110. The Kier molecular flexibility index (Phi) is 13.7. The molecule has 21 heteroatoms. The number of aliphatic hydroxyl groups is 10. The van der Waals surface area contributed by atoms with Gasteiger partial charge in [0.05, 0.1) is 25.4 Å². The van der Waals surface area contributed by atoms with Crippen LogP contribution in [0.2, 0.25) is 0 Å². The second-order valence-corrected chi connectivity index (χ2v) is 12.6. The van der Waals surface area contributed by atoms with E-state index in [9.17, 15) is 60.7 Å². The molecule has 4 fully saturated rings. The van der Waals surface area contributed by atoms with Gasteiger partial charge in [-0.1, -0.05) is 0 Å². The summed E-state index contributed by atoms with van der Waals surface area (Å²) >= 11 is 0. The quantitative estimate of drug-likeness (QED) is 0.0999. The smallest absolute Gasteiger partial charge is 0.217 e. The Morgan fingerprint density at radius 1 is 0.531 bits per heavy atom. The average molecular weight is 717 g/mol. The summed E-state index contributed by atoms with van der Waals surface area (Å²) in [6.07, 6.45) is -28.3.